The fraction of sp³-hybridized carbons (Fsp3) is 0.267. The van der Waals surface area contributed by atoms with Crippen molar-refractivity contribution in [3.8, 4) is 11.3 Å². The van der Waals surface area contributed by atoms with Crippen molar-refractivity contribution in [2.75, 3.05) is 19.4 Å². The summed E-state index contributed by atoms with van der Waals surface area (Å²) in [4.78, 5) is 9.47. The molecule has 6 heteroatoms. The van der Waals surface area contributed by atoms with Gasteiger partial charge in [-0.25, -0.2) is 0 Å². The van der Waals surface area contributed by atoms with Crippen LogP contribution >= 0.6 is 6.60 Å². The SMILES string of the molecule is C.C=C(N)c1ccnc(C(=C)NCCc2cc(P3(C)(CC)C=C3)c(CC)c(-c3ccc(F)cc3)n2)c1. The van der Waals surface area contributed by atoms with E-state index in [-0.39, 0.29) is 13.2 Å². The van der Waals surface area contributed by atoms with Crippen LogP contribution in [0.15, 0.2) is 73.5 Å². The van der Waals surface area contributed by atoms with E-state index in [9.17, 15) is 4.39 Å². The van der Waals surface area contributed by atoms with Gasteiger partial charge in [0.05, 0.1) is 0 Å². The average Bonchev–Trinajstić information content (AvgIpc) is 3.58. The quantitative estimate of drug-likeness (QED) is 0.308. The number of pyridine rings is 2. The van der Waals surface area contributed by atoms with Gasteiger partial charge in [-0.3, -0.25) is 0 Å². The van der Waals surface area contributed by atoms with E-state index in [0.717, 1.165) is 52.9 Å². The molecule has 36 heavy (non-hydrogen) atoms. The van der Waals surface area contributed by atoms with Gasteiger partial charge >= 0.3 is 208 Å². The molecule has 0 bridgehead atoms. The molecule has 2 aromatic heterocycles. The molecule has 190 valence electrons. The molecule has 1 aromatic carbocycles. The number of aromatic nitrogens is 2. The summed E-state index contributed by atoms with van der Waals surface area (Å²) in [5, 5.41) is 4.80. The van der Waals surface area contributed by atoms with Crippen molar-refractivity contribution in [1.82, 2.24) is 15.3 Å². The van der Waals surface area contributed by atoms with Crippen molar-refractivity contribution in [2.24, 2.45) is 5.73 Å². The predicted molar refractivity (Wildman–Crippen MR) is 156 cm³/mol. The molecule has 3 N–H and O–H groups in total. The van der Waals surface area contributed by atoms with E-state index in [1.807, 2.05) is 24.3 Å². The fourth-order valence-electron chi connectivity index (χ4n) is 4.42. The van der Waals surface area contributed by atoms with E-state index in [2.05, 4.69) is 61.7 Å². The van der Waals surface area contributed by atoms with E-state index in [1.54, 1.807) is 6.20 Å². The van der Waals surface area contributed by atoms with Crippen LogP contribution in [0.4, 0.5) is 4.39 Å². The number of nitrogens with zero attached hydrogens (tertiary/aromatic N) is 2. The second kappa shape index (κ2) is 10.4. The number of halogens is 1. The first-order valence-electron chi connectivity index (χ1n) is 12.0. The Morgan fingerprint density at radius 3 is 2.36 bits per heavy atom. The molecule has 0 unspecified atom stereocenters. The van der Waals surface area contributed by atoms with Gasteiger partial charge < -0.3 is 0 Å². The Balaban J connectivity index is 0.00000361. The van der Waals surface area contributed by atoms with Crippen molar-refractivity contribution in [3.05, 3.63) is 102 Å². The summed E-state index contributed by atoms with van der Waals surface area (Å²) in [5.74, 6) is 4.60. The normalized spacial score (nSPS) is 15.7. The number of hydrogen-bond donors (Lipinski definition) is 2. The molecule has 0 aliphatic carbocycles. The number of nitrogens with two attached hydrogens (primary N) is 1. The monoisotopic (exact) mass is 504 g/mol. The van der Waals surface area contributed by atoms with Gasteiger partial charge in [-0.1, -0.05) is 7.43 Å². The minimum absolute atomic E-state index is 0. The Bertz CT molecular complexity index is 1320. The molecule has 4 nitrogen and oxygen atoms in total. The summed E-state index contributed by atoms with van der Waals surface area (Å²) >= 11 is 0. The Hall–Kier alpha value is -3.30. The topological polar surface area (TPSA) is 63.8 Å². The third-order valence-corrected chi connectivity index (χ3v) is 12.2. The third kappa shape index (κ3) is 5.27. The van der Waals surface area contributed by atoms with Crippen LogP contribution in [0.5, 0.6) is 0 Å². The van der Waals surface area contributed by atoms with Crippen LogP contribution in [0.2, 0.25) is 0 Å². The first-order valence-corrected chi connectivity index (χ1v) is 15.0. The van der Waals surface area contributed by atoms with Crippen molar-refractivity contribution >= 4 is 23.3 Å². The van der Waals surface area contributed by atoms with E-state index < -0.39 is 6.60 Å². The van der Waals surface area contributed by atoms with E-state index in [1.165, 1.54) is 23.0 Å². The molecule has 1 aliphatic rings. The molecule has 0 amide bonds. The summed E-state index contributed by atoms with van der Waals surface area (Å²) in [7, 11) is 0. The van der Waals surface area contributed by atoms with Crippen molar-refractivity contribution in [2.45, 2.75) is 34.1 Å². The van der Waals surface area contributed by atoms with Gasteiger partial charge in [-0.15, -0.1) is 0 Å². The number of benzene rings is 1. The summed E-state index contributed by atoms with van der Waals surface area (Å²) in [6, 6.07) is 12.7. The van der Waals surface area contributed by atoms with Crippen LogP contribution < -0.4 is 16.4 Å². The number of nitrogens with one attached hydrogen (secondary N) is 1. The Kier molecular flexibility index (Phi) is 7.85. The van der Waals surface area contributed by atoms with Gasteiger partial charge in [0.15, 0.2) is 0 Å². The molecule has 4 rings (SSSR count). The van der Waals surface area contributed by atoms with Crippen molar-refractivity contribution in [3.63, 3.8) is 0 Å². The standard InChI is InChI=1S/C29H34FN4P.CH4/c1-6-26-28(35(5,7-2)16-17-35)19-25(34-29(26)22-8-10-24(30)11-9-22)13-15-32-21(4)27-18-23(20(3)31)12-14-33-27;/h8-12,14,16-19,32H,3-4,6-7,13,15,31H2,1-2,5H3;1H4. The first kappa shape index (κ1) is 27.3. The molecular weight excluding hydrogens is 466 g/mol. The zero-order valence-corrected chi connectivity index (χ0v) is 21.7. The molecular formula is C30H38FN4P. The molecule has 3 aromatic rings. The molecule has 0 spiro atoms. The van der Waals surface area contributed by atoms with Gasteiger partial charge in [0.25, 0.3) is 0 Å². The van der Waals surface area contributed by atoms with Gasteiger partial charge in [0.1, 0.15) is 0 Å². The van der Waals surface area contributed by atoms with Crippen LogP contribution in [0.3, 0.4) is 0 Å². The number of hydrogen-bond acceptors (Lipinski definition) is 4. The summed E-state index contributed by atoms with van der Waals surface area (Å²) < 4.78 is 13.7. The molecule has 0 saturated heterocycles. The maximum absolute atomic E-state index is 13.7. The average molecular weight is 505 g/mol. The Morgan fingerprint density at radius 2 is 1.78 bits per heavy atom. The molecule has 1 aliphatic heterocycles. The third-order valence-electron chi connectivity index (χ3n) is 7.12. The fourth-order valence-corrected chi connectivity index (χ4v) is 8.24. The second-order valence-corrected chi connectivity index (χ2v) is 15.2. The summed E-state index contributed by atoms with van der Waals surface area (Å²) in [6.07, 6.45) is 4.42. The zero-order valence-electron chi connectivity index (χ0n) is 20.8. The molecule has 0 radical (unpaired) electrons. The molecule has 0 atom stereocenters. The Morgan fingerprint density at radius 1 is 1.08 bits per heavy atom. The van der Waals surface area contributed by atoms with Crippen LogP contribution in [0.1, 0.15) is 43.8 Å². The molecule has 0 saturated carbocycles. The van der Waals surface area contributed by atoms with E-state index in [4.69, 9.17) is 10.7 Å². The minimum atomic E-state index is -2.13. The van der Waals surface area contributed by atoms with E-state index >= 15 is 0 Å². The number of rotatable bonds is 10. The van der Waals surface area contributed by atoms with Gasteiger partial charge in [-0.2, -0.15) is 0 Å². The van der Waals surface area contributed by atoms with Crippen molar-refractivity contribution < 1.29 is 4.39 Å². The second-order valence-electron chi connectivity index (χ2n) is 9.53. The zero-order chi connectivity index (χ0) is 25.2. The summed E-state index contributed by atoms with van der Waals surface area (Å²) in [6.45, 7) is 13.3. The van der Waals surface area contributed by atoms with Gasteiger partial charge in [-0.05, 0) is 0 Å². The van der Waals surface area contributed by atoms with E-state index in [0.29, 0.717) is 12.2 Å². The molecule has 3 heterocycles. The maximum atomic E-state index is 13.7. The van der Waals surface area contributed by atoms with Crippen LogP contribution in [-0.2, 0) is 12.8 Å². The van der Waals surface area contributed by atoms with Gasteiger partial charge in [0.2, 0.25) is 0 Å². The predicted octanol–water partition coefficient (Wildman–Crippen LogP) is 6.53. The van der Waals surface area contributed by atoms with Crippen LogP contribution in [-0.4, -0.2) is 29.3 Å². The van der Waals surface area contributed by atoms with Crippen LogP contribution in [0, 0.1) is 5.82 Å². The van der Waals surface area contributed by atoms with Crippen molar-refractivity contribution in [1.29, 1.82) is 0 Å². The molecule has 0 fully saturated rings. The van der Waals surface area contributed by atoms with Gasteiger partial charge in [0, 0.05) is 0 Å². The summed E-state index contributed by atoms with van der Waals surface area (Å²) in [5.41, 5.74) is 12.8. The first-order chi connectivity index (χ1) is 16.7. The Labute approximate surface area is 215 Å². The van der Waals surface area contributed by atoms with Crippen LogP contribution in [0.25, 0.3) is 22.7 Å².